The van der Waals surface area contributed by atoms with E-state index in [-0.39, 0.29) is 5.82 Å². The summed E-state index contributed by atoms with van der Waals surface area (Å²) in [5, 5.41) is 20.9. The molecular formula is C8H13N5O2. The molecule has 0 aliphatic carbocycles. The minimum absolute atomic E-state index is 0.189. The van der Waals surface area contributed by atoms with Gasteiger partial charge >= 0.3 is 5.82 Å². The van der Waals surface area contributed by atoms with Crippen molar-refractivity contribution in [2.24, 2.45) is 0 Å². The highest BCUT2D eigenvalue weighted by Gasteiger charge is 2.17. The van der Waals surface area contributed by atoms with Crippen molar-refractivity contribution in [2.75, 3.05) is 6.54 Å². The van der Waals surface area contributed by atoms with E-state index >= 15 is 0 Å². The van der Waals surface area contributed by atoms with Crippen molar-refractivity contribution in [3.63, 3.8) is 0 Å². The summed E-state index contributed by atoms with van der Waals surface area (Å²) >= 11 is 0. The van der Waals surface area contributed by atoms with Crippen LogP contribution in [0, 0.1) is 10.1 Å². The van der Waals surface area contributed by atoms with Crippen LogP contribution < -0.4 is 5.32 Å². The summed E-state index contributed by atoms with van der Waals surface area (Å²) in [4.78, 5) is 9.85. The number of aromatic nitrogens is 3. The van der Waals surface area contributed by atoms with Gasteiger partial charge in [0.25, 0.3) is 0 Å². The predicted molar refractivity (Wildman–Crippen MR) is 52.3 cm³/mol. The van der Waals surface area contributed by atoms with Gasteiger partial charge in [-0.3, -0.25) is 0 Å². The summed E-state index contributed by atoms with van der Waals surface area (Å²) in [5.41, 5.74) is 0. The lowest BCUT2D eigenvalue weighted by Crippen LogP contribution is -2.37. The highest BCUT2D eigenvalue weighted by Crippen LogP contribution is 2.10. The van der Waals surface area contributed by atoms with Crippen LogP contribution in [0.5, 0.6) is 0 Å². The number of hydrogen-bond donors (Lipinski definition) is 1. The van der Waals surface area contributed by atoms with Crippen molar-refractivity contribution in [1.82, 2.24) is 20.3 Å². The Bertz CT molecular complexity index is 345. The number of piperidine rings is 1. The van der Waals surface area contributed by atoms with E-state index in [0.717, 1.165) is 13.0 Å². The molecule has 1 aliphatic rings. The van der Waals surface area contributed by atoms with Crippen LogP contribution in [-0.2, 0) is 6.54 Å². The minimum atomic E-state index is -0.530. The van der Waals surface area contributed by atoms with E-state index in [2.05, 4.69) is 15.6 Å². The third-order valence-electron chi connectivity index (χ3n) is 2.53. The predicted octanol–water partition coefficient (Wildman–Crippen LogP) is 0.328. The van der Waals surface area contributed by atoms with E-state index in [1.54, 1.807) is 0 Å². The maximum Gasteiger partial charge on any atom is 0.410 e. The fourth-order valence-electron chi connectivity index (χ4n) is 1.77. The SMILES string of the molecule is O=[N+]([O-])c1cn(CC2CCCCN2)nn1. The van der Waals surface area contributed by atoms with Gasteiger partial charge in [0, 0.05) is 6.04 Å². The van der Waals surface area contributed by atoms with Gasteiger partial charge in [-0.05, 0) is 24.3 Å². The maximum absolute atomic E-state index is 10.4. The fourth-order valence-corrected chi connectivity index (χ4v) is 1.77. The third-order valence-corrected chi connectivity index (χ3v) is 2.53. The van der Waals surface area contributed by atoms with Gasteiger partial charge in [-0.2, -0.15) is 0 Å². The molecule has 1 atom stereocenters. The van der Waals surface area contributed by atoms with Gasteiger partial charge in [-0.1, -0.05) is 6.42 Å². The summed E-state index contributed by atoms with van der Waals surface area (Å²) in [7, 11) is 0. The monoisotopic (exact) mass is 211 g/mol. The average Bonchev–Trinajstić information content (AvgIpc) is 2.68. The van der Waals surface area contributed by atoms with E-state index in [1.807, 2.05) is 0 Å². The lowest BCUT2D eigenvalue weighted by molar-refractivity contribution is -0.389. The van der Waals surface area contributed by atoms with Gasteiger partial charge in [-0.25, -0.2) is 4.68 Å². The zero-order chi connectivity index (χ0) is 10.7. The highest BCUT2D eigenvalue weighted by molar-refractivity contribution is 5.08. The Balaban J connectivity index is 1.94. The zero-order valence-electron chi connectivity index (χ0n) is 8.30. The topological polar surface area (TPSA) is 85.9 Å². The molecule has 0 amide bonds. The molecule has 7 nitrogen and oxygen atoms in total. The molecule has 0 radical (unpaired) electrons. The first-order valence-corrected chi connectivity index (χ1v) is 5.03. The third kappa shape index (κ3) is 2.50. The second-order valence-corrected chi connectivity index (χ2v) is 3.70. The van der Waals surface area contributed by atoms with Gasteiger partial charge < -0.3 is 15.4 Å². The fraction of sp³-hybridized carbons (Fsp3) is 0.750. The van der Waals surface area contributed by atoms with Crippen molar-refractivity contribution in [2.45, 2.75) is 31.8 Å². The van der Waals surface area contributed by atoms with Crippen LogP contribution in [0.2, 0.25) is 0 Å². The Hall–Kier alpha value is -1.50. The second-order valence-electron chi connectivity index (χ2n) is 3.70. The van der Waals surface area contributed by atoms with Crippen LogP contribution in [-0.4, -0.2) is 32.5 Å². The average molecular weight is 211 g/mol. The van der Waals surface area contributed by atoms with E-state index in [1.165, 1.54) is 23.7 Å². The molecule has 2 rings (SSSR count). The Morgan fingerprint density at radius 3 is 3.13 bits per heavy atom. The molecule has 1 aromatic rings. The molecule has 0 aromatic carbocycles. The summed E-state index contributed by atoms with van der Waals surface area (Å²) in [6.45, 7) is 1.67. The molecule has 7 heteroatoms. The molecule has 1 fully saturated rings. The Labute approximate surface area is 86.6 Å². The summed E-state index contributed by atoms with van der Waals surface area (Å²) < 4.78 is 1.53. The number of nitrogens with one attached hydrogen (secondary N) is 1. The molecule has 1 aromatic heterocycles. The lowest BCUT2D eigenvalue weighted by atomic mass is 10.1. The Morgan fingerprint density at radius 2 is 2.53 bits per heavy atom. The smallest absolute Gasteiger partial charge is 0.358 e. The molecule has 1 aliphatic heterocycles. The number of nitro groups is 1. The molecule has 1 N–H and O–H groups in total. The van der Waals surface area contributed by atoms with E-state index in [0.29, 0.717) is 12.6 Å². The van der Waals surface area contributed by atoms with Crippen molar-refractivity contribution in [3.05, 3.63) is 16.3 Å². The Kier molecular flexibility index (Phi) is 2.91. The van der Waals surface area contributed by atoms with Crippen LogP contribution in [0.25, 0.3) is 0 Å². The van der Waals surface area contributed by atoms with Gasteiger partial charge in [-0.15, -0.1) is 0 Å². The van der Waals surface area contributed by atoms with Crippen LogP contribution in [0.1, 0.15) is 19.3 Å². The summed E-state index contributed by atoms with van der Waals surface area (Å²) in [6.07, 6.45) is 4.87. The molecular weight excluding hydrogens is 198 g/mol. The standard InChI is InChI=1S/C8H13N5O2/c14-13(15)8-6-12(11-10-8)5-7-3-1-2-4-9-7/h6-7,9H,1-5H2. The normalized spacial score (nSPS) is 21.5. The van der Waals surface area contributed by atoms with Crippen molar-refractivity contribution < 1.29 is 4.92 Å². The Morgan fingerprint density at radius 1 is 1.67 bits per heavy atom. The minimum Gasteiger partial charge on any atom is -0.358 e. The molecule has 0 bridgehead atoms. The maximum atomic E-state index is 10.4. The number of hydrogen-bond acceptors (Lipinski definition) is 5. The van der Waals surface area contributed by atoms with E-state index < -0.39 is 4.92 Å². The first kappa shape index (κ1) is 10.0. The number of rotatable bonds is 3. The molecule has 0 saturated carbocycles. The van der Waals surface area contributed by atoms with Crippen LogP contribution in [0.4, 0.5) is 5.82 Å². The molecule has 15 heavy (non-hydrogen) atoms. The van der Waals surface area contributed by atoms with Crippen LogP contribution in [0.3, 0.4) is 0 Å². The van der Waals surface area contributed by atoms with Gasteiger partial charge in [0.2, 0.25) is 0 Å². The van der Waals surface area contributed by atoms with Gasteiger partial charge in [0.05, 0.1) is 11.8 Å². The van der Waals surface area contributed by atoms with Crippen LogP contribution in [0.15, 0.2) is 6.20 Å². The van der Waals surface area contributed by atoms with E-state index in [9.17, 15) is 10.1 Å². The highest BCUT2D eigenvalue weighted by atomic mass is 16.6. The molecule has 0 spiro atoms. The lowest BCUT2D eigenvalue weighted by Gasteiger charge is -2.22. The van der Waals surface area contributed by atoms with Crippen molar-refractivity contribution >= 4 is 5.82 Å². The summed E-state index contributed by atoms with van der Waals surface area (Å²) in [5.74, 6) is -0.189. The largest absolute Gasteiger partial charge is 0.410 e. The van der Waals surface area contributed by atoms with Gasteiger partial charge in [0.1, 0.15) is 11.3 Å². The van der Waals surface area contributed by atoms with Crippen molar-refractivity contribution in [3.8, 4) is 0 Å². The quantitative estimate of drug-likeness (QED) is 0.575. The molecule has 2 heterocycles. The molecule has 1 saturated heterocycles. The summed E-state index contributed by atoms with van der Waals surface area (Å²) in [6, 6.07) is 0.361. The first-order chi connectivity index (χ1) is 7.25. The van der Waals surface area contributed by atoms with Gasteiger partial charge in [0.15, 0.2) is 0 Å². The zero-order valence-corrected chi connectivity index (χ0v) is 8.30. The van der Waals surface area contributed by atoms with E-state index in [4.69, 9.17) is 0 Å². The first-order valence-electron chi connectivity index (χ1n) is 5.03. The van der Waals surface area contributed by atoms with Crippen LogP contribution >= 0.6 is 0 Å². The number of nitrogens with zero attached hydrogens (tertiary/aromatic N) is 4. The molecule has 82 valence electrons. The molecule has 1 unspecified atom stereocenters. The second kappa shape index (κ2) is 4.35. The van der Waals surface area contributed by atoms with Crippen molar-refractivity contribution in [1.29, 1.82) is 0 Å².